The van der Waals surface area contributed by atoms with Crippen molar-refractivity contribution in [3.8, 4) is 56.3 Å². The van der Waals surface area contributed by atoms with Gasteiger partial charge < -0.3 is 0 Å². The molecule has 0 bridgehead atoms. The van der Waals surface area contributed by atoms with Crippen molar-refractivity contribution in [2.24, 2.45) is 0 Å². The summed E-state index contributed by atoms with van der Waals surface area (Å²) in [5.74, 6) is 0.681. The van der Waals surface area contributed by atoms with Crippen molar-refractivity contribution in [1.29, 1.82) is 0 Å². The topological polar surface area (TPSA) is 38.7 Å². The van der Waals surface area contributed by atoms with Crippen molar-refractivity contribution in [3.63, 3.8) is 0 Å². The summed E-state index contributed by atoms with van der Waals surface area (Å²) in [4.78, 5) is 15.7. The van der Waals surface area contributed by atoms with Crippen LogP contribution in [0.4, 0.5) is 0 Å². The van der Waals surface area contributed by atoms with Crippen LogP contribution in [0.2, 0.25) is 0 Å². The van der Waals surface area contributed by atoms with Crippen LogP contribution in [-0.4, -0.2) is 15.0 Å². The Morgan fingerprint density at radius 2 is 0.831 bits per heavy atom. The standard InChI is InChI=1S/C55H33N3S/c1-2-13-34(14-3-1)49-33-50(39-16-12-15-37(31-39)38-29-30-44-42-19-5-4-17-40(42)41-18-6-7-20-43(41)47(44)32-38)58-55(57-49)36-27-25-35(26-28-36)53-54-52(45-21-8-10-23-48(45)56-53)46-22-9-11-24-51(46)59-54/h1-33H. The Kier molecular flexibility index (Phi) is 7.72. The van der Waals surface area contributed by atoms with Gasteiger partial charge in [-0.05, 0) is 73.8 Å². The van der Waals surface area contributed by atoms with E-state index in [1.165, 1.54) is 63.4 Å². The number of pyridine rings is 1. The molecule has 0 N–H and O–H groups in total. The van der Waals surface area contributed by atoms with Gasteiger partial charge in [-0.2, -0.15) is 0 Å². The van der Waals surface area contributed by atoms with Gasteiger partial charge >= 0.3 is 0 Å². The van der Waals surface area contributed by atoms with Crippen LogP contribution < -0.4 is 0 Å². The number of aromatic nitrogens is 3. The van der Waals surface area contributed by atoms with E-state index in [-0.39, 0.29) is 0 Å². The zero-order chi connectivity index (χ0) is 38.9. The molecule has 0 aliphatic carbocycles. The third-order valence-electron chi connectivity index (χ3n) is 11.7. The van der Waals surface area contributed by atoms with E-state index >= 15 is 0 Å². The van der Waals surface area contributed by atoms with E-state index in [0.717, 1.165) is 50.4 Å². The second kappa shape index (κ2) is 13.6. The highest BCUT2D eigenvalue weighted by Crippen LogP contribution is 2.43. The van der Waals surface area contributed by atoms with Crippen molar-refractivity contribution in [2.45, 2.75) is 0 Å². The average molecular weight is 768 g/mol. The summed E-state index contributed by atoms with van der Waals surface area (Å²) >= 11 is 1.81. The van der Waals surface area contributed by atoms with Crippen molar-refractivity contribution >= 4 is 74.7 Å². The van der Waals surface area contributed by atoms with Gasteiger partial charge in [-0.3, -0.25) is 0 Å². The molecule has 0 saturated carbocycles. The lowest BCUT2D eigenvalue weighted by atomic mass is 9.91. The molecule has 3 heterocycles. The van der Waals surface area contributed by atoms with Crippen LogP contribution >= 0.6 is 11.3 Å². The van der Waals surface area contributed by atoms with Crippen LogP contribution in [0.5, 0.6) is 0 Å². The molecule has 4 heteroatoms. The molecule has 3 aromatic heterocycles. The third kappa shape index (κ3) is 5.60. The molecule has 0 unspecified atom stereocenters. The second-order valence-corrected chi connectivity index (χ2v) is 16.2. The minimum atomic E-state index is 0.681. The highest BCUT2D eigenvalue weighted by atomic mass is 32.1. The third-order valence-corrected chi connectivity index (χ3v) is 12.8. The predicted molar refractivity (Wildman–Crippen MR) is 250 cm³/mol. The molecular formula is C55H33N3S. The first-order valence-corrected chi connectivity index (χ1v) is 20.7. The Bertz CT molecular complexity index is 3570. The number of hydrogen-bond acceptors (Lipinski definition) is 4. The lowest BCUT2D eigenvalue weighted by Crippen LogP contribution is -1.96. The molecule has 9 aromatic carbocycles. The first kappa shape index (κ1) is 33.6. The molecule has 0 amide bonds. The molecule has 0 saturated heterocycles. The van der Waals surface area contributed by atoms with Crippen LogP contribution in [0.25, 0.3) is 120 Å². The van der Waals surface area contributed by atoms with E-state index in [2.05, 4.69) is 194 Å². The molecule has 12 aromatic rings. The van der Waals surface area contributed by atoms with Crippen LogP contribution in [-0.2, 0) is 0 Å². The van der Waals surface area contributed by atoms with Gasteiger partial charge in [0.2, 0.25) is 0 Å². The number of benzene rings is 9. The average Bonchev–Trinajstić information content (AvgIpc) is 3.72. The Morgan fingerprint density at radius 3 is 1.58 bits per heavy atom. The predicted octanol–water partition coefficient (Wildman–Crippen LogP) is 15.2. The molecule has 59 heavy (non-hydrogen) atoms. The van der Waals surface area contributed by atoms with Crippen LogP contribution in [0.1, 0.15) is 0 Å². The quantitative estimate of drug-likeness (QED) is 0.164. The second-order valence-electron chi connectivity index (χ2n) is 15.1. The molecule has 0 spiro atoms. The van der Waals surface area contributed by atoms with Crippen LogP contribution in [0.3, 0.4) is 0 Å². The first-order valence-electron chi connectivity index (χ1n) is 19.9. The highest BCUT2D eigenvalue weighted by Gasteiger charge is 2.17. The normalized spacial score (nSPS) is 11.7. The lowest BCUT2D eigenvalue weighted by molar-refractivity contribution is 1.18. The molecule has 0 aliphatic rings. The fourth-order valence-corrected chi connectivity index (χ4v) is 10.1. The summed E-state index contributed by atoms with van der Waals surface area (Å²) < 4.78 is 2.47. The van der Waals surface area contributed by atoms with E-state index in [1.54, 1.807) is 0 Å². The Morgan fingerprint density at radius 1 is 0.305 bits per heavy atom. The number of thiophene rings is 1. The van der Waals surface area contributed by atoms with Gasteiger partial charge in [0, 0.05) is 43.1 Å². The smallest absolute Gasteiger partial charge is 0.160 e. The number of nitrogens with zero attached hydrogens (tertiary/aromatic N) is 3. The summed E-state index contributed by atoms with van der Waals surface area (Å²) in [6.07, 6.45) is 0. The summed E-state index contributed by atoms with van der Waals surface area (Å²) in [6.45, 7) is 0. The SMILES string of the molecule is c1ccc(-c2cc(-c3cccc(-c4ccc5c6ccccc6c6ccccc6c5c4)c3)nc(-c3ccc(-c4nc5ccccc5c5c4sc4ccccc45)cc3)n2)cc1. The number of rotatable bonds is 5. The van der Waals surface area contributed by atoms with Crippen LogP contribution in [0.15, 0.2) is 200 Å². The van der Waals surface area contributed by atoms with E-state index in [1.807, 2.05) is 17.4 Å². The summed E-state index contributed by atoms with van der Waals surface area (Å²) in [5.41, 5.74) is 10.2. The number of hydrogen-bond donors (Lipinski definition) is 0. The molecule has 0 atom stereocenters. The molecule has 274 valence electrons. The largest absolute Gasteiger partial charge is 0.246 e. The van der Waals surface area contributed by atoms with Crippen molar-refractivity contribution in [3.05, 3.63) is 200 Å². The molecular weight excluding hydrogens is 735 g/mol. The highest BCUT2D eigenvalue weighted by molar-refractivity contribution is 7.26. The summed E-state index contributed by atoms with van der Waals surface area (Å²) in [7, 11) is 0. The van der Waals surface area contributed by atoms with Gasteiger partial charge in [0.25, 0.3) is 0 Å². The van der Waals surface area contributed by atoms with Crippen molar-refractivity contribution in [2.75, 3.05) is 0 Å². The maximum atomic E-state index is 5.26. The number of fused-ring (bicyclic) bond motifs is 11. The zero-order valence-corrected chi connectivity index (χ0v) is 32.6. The van der Waals surface area contributed by atoms with E-state index in [4.69, 9.17) is 15.0 Å². The zero-order valence-electron chi connectivity index (χ0n) is 31.8. The maximum absolute atomic E-state index is 5.26. The molecule has 3 nitrogen and oxygen atoms in total. The van der Waals surface area contributed by atoms with E-state index in [9.17, 15) is 0 Å². The van der Waals surface area contributed by atoms with Gasteiger partial charge in [-0.15, -0.1) is 11.3 Å². The Labute approximate surface area is 344 Å². The summed E-state index contributed by atoms with van der Waals surface area (Å²) in [5, 5.41) is 11.4. The van der Waals surface area contributed by atoms with Crippen molar-refractivity contribution < 1.29 is 0 Å². The molecule has 0 radical (unpaired) electrons. The fraction of sp³-hybridized carbons (Fsp3) is 0. The van der Waals surface area contributed by atoms with Crippen molar-refractivity contribution in [1.82, 2.24) is 15.0 Å². The fourth-order valence-electron chi connectivity index (χ4n) is 8.83. The Hall–Kier alpha value is -7.53. The maximum Gasteiger partial charge on any atom is 0.160 e. The summed E-state index contributed by atoms with van der Waals surface area (Å²) in [6, 6.07) is 71.4. The lowest BCUT2D eigenvalue weighted by Gasteiger charge is -2.13. The minimum Gasteiger partial charge on any atom is -0.246 e. The van der Waals surface area contributed by atoms with E-state index in [0.29, 0.717) is 5.82 Å². The van der Waals surface area contributed by atoms with Gasteiger partial charge in [0.15, 0.2) is 5.82 Å². The number of para-hydroxylation sites is 1. The first-order chi connectivity index (χ1) is 29.2. The van der Waals surface area contributed by atoms with Gasteiger partial charge in [-0.1, -0.05) is 170 Å². The Balaban J connectivity index is 0.972. The van der Waals surface area contributed by atoms with Gasteiger partial charge in [0.05, 0.1) is 27.3 Å². The van der Waals surface area contributed by atoms with Gasteiger partial charge in [0.1, 0.15) is 0 Å². The molecule has 0 aliphatic heterocycles. The minimum absolute atomic E-state index is 0.681. The molecule has 0 fully saturated rings. The van der Waals surface area contributed by atoms with Gasteiger partial charge in [-0.25, -0.2) is 15.0 Å². The molecule has 12 rings (SSSR count). The van der Waals surface area contributed by atoms with E-state index < -0.39 is 0 Å². The van der Waals surface area contributed by atoms with Crippen LogP contribution in [0, 0.1) is 0 Å². The monoisotopic (exact) mass is 767 g/mol.